The first-order valence-corrected chi connectivity index (χ1v) is 13.3. The van der Waals surface area contributed by atoms with E-state index in [9.17, 15) is 9.59 Å². The van der Waals surface area contributed by atoms with Crippen molar-refractivity contribution in [2.45, 2.75) is 38.1 Å². The fourth-order valence-corrected chi connectivity index (χ4v) is 4.38. The van der Waals surface area contributed by atoms with Gasteiger partial charge in [0.25, 0.3) is 0 Å². The summed E-state index contributed by atoms with van der Waals surface area (Å²) in [6, 6.07) is 24.0. The largest absolute Gasteiger partial charge is 0.411 e. The molecule has 0 radical (unpaired) electrons. The summed E-state index contributed by atoms with van der Waals surface area (Å²) in [5, 5.41) is 11.4. The van der Waals surface area contributed by atoms with Crippen LogP contribution in [-0.2, 0) is 39.9 Å². The number of halogens is 1. The minimum absolute atomic E-state index is 0. The van der Waals surface area contributed by atoms with Crippen LogP contribution in [0.5, 0.6) is 0 Å². The van der Waals surface area contributed by atoms with E-state index in [1.165, 1.54) is 16.7 Å². The summed E-state index contributed by atoms with van der Waals surface area (Å²) < 4.78 is 12.8. The van der Waals surface area contributed by atoms with Gasteiger partial charge in [-0.3, -0.25) is 9.59 Å². The molecule has 3 N–H and O–H groups in total. The molecule has 0 heterocycles. The molecular weight excluding hydrogens is 556 g/mol. The quantitative estimate of drug-likeness (QED) is 0.262. The van der Waals surface area contributed by atoms with E-state index in [4.69, 9.17) is 10.9 Å². The third kappa shape index (κ3) is 12.6. The minimum atomic E-state index is -0.159. The maximum absolute atomic E-state index is 11.3. The van der Waals surface area contributed by atoms with Gasteiger partial charge in [0.1, 0.15) is 5.71 Å². The topological polar surface area (TPSA) is 120 Å². The van der Waals surface area contributed by atoms with Crippen LogP contribution in [-0.4, -0.2) is 71.2 Å². The molecule has 8 nitrogen and oxygen atoms in total. The van der Waals surface area contributed by atoms with Crippen LogP contribution in [0.1, 0.15) is 49.4 Å². The van der Waals surface area contributed by atoms with E-state index in [0.717, 1.165) is 30.4 Å². The second kappa shape index (κ2) is 22.2. The number of ether oxygens (including phenoxy) is 3. The highest BCUT2D eigenvalue weighted by atomic mass is 35.5. The van der Waals surface area contributed by atoms with E-state index >= 15 is 0 Å². The van der Waals surface area contributed by atoms with Crippen molar-refractivity contribution >= 4 is 29.7 Å². The Morgan fingerprint density at radius 2 is 1.07 bits per heavy atom. The SMILES string of the molecule is COC.COC.COC.Cl.NC1Cc2ccccc2C1.O=C1/C(=N/O)Cc2ccccc21.O=C1CCc2ccccc21. The average Bonchev–Trinajstić information content (AvgIpc) is 3.65. The van der Waals surface area contributed by atoms with Crippen LogP contribution in [0.4, 0.5) is 0 Å². The van der Waals surface area contributed by atoms with Gasteiger partial charge in [-0.25, -0.2) is 0 Å². The monoisotopic (exact) mass is 600 g/mol. The predicted octanol–water partition coefficient (Wildman–Crippen LogP) is 5.39. The molecule has 0 bridgehead atoms. The summed E-state index contributed by atoms with van der Waals surface area (Å²) in [6.07, 6.45) is 4.23. The summed E-state index contributed by atoms with van der Waals surface area (Å²) in [5.74, 6) is 0.142. The molecule has 3 aliphatic carbocycles. The number of oxime groups is 1. The molecular formula is C33H45ClN2O6. The van der Waals surface area contributed by atoms with Crippen molar-refractivity contribution in [3.05, 3.63) is 106 Å². The molecule has 0 aliphatic heterocycles. The van der Waals surface area contributed by atoms with E-state index < -0.39 is 0 Å². The van der Waals surface area contributed by atoms with Crippen molar-refractivity contribution < 1.29 is 29.0 Å². The highest BCUT2D eigenvalue weighted by Crippen LogP contribution is 2.21. The van der Waals surface area contributed by atoms with Gasteiger partial charge in [0.05, 0.1) is 0 Å². The highest BCUT2D eigenvalue weighted by Gasteiger charge is 2.25. The van der Waals surface area contributed by atoms with Crippen LogP contribution in [0.25, 0.3) is 0 Å². The summed E-state index contributed by atoms with van der Waals surface area (Å²) in [5.41, 5.74) is 12.6. The molecule has 6 rings (SSSR count). The van der Waals surface area contributed by atoms with Gasteiger partial charge < -0.3 is 25.2 Å². The van der Waals surface area contributed by atoms with Gasteiger partial charge in [0.15, 0.2) is 5.78 Å². The number of Topliss-reactive ketones (excluding diaryl/α,β-unsaturated/α-hetero) is 2. The van der Waals surface area contributed by atoms with Crippen LogP contribution in [0.15, 0.2) is 78.0 Å². The Bertz CT molecular complexity index is 1220. The Labute approximate surface area is 256 Å². The molecule has 3 aliphatic rings. The summed E-state index contributed by atoms with van der Waals surface area (Å²) in [6.45, 7) is 0. The highest BCUT2D eigenvalue weighted by molar-refractivity contribution is 6.49. The zero-order valence-electron chi connectivity index (χ0n) is 25.5. The van der Waals surface area contributed by atoms with Crippen molar-refractivity contribution in [1.82, 2.24) is 0 Å². The van der Waals surface area contributed by atoms with Crippen LogP contribution in [0.2, 0.25) is 0 Å². The molecule has 3 aromatic carbocycles. The number of nitrogens with two attached hydrogens (primary N) is 1. The first-order valence-electron chi connectivity index (χ1n) is 13.3. The number of hydrogen-bond acceptors (Lipinski definition) is 8. The first-order chi connectivity index (χ1) is 19.8. The Hall–Kier alpha value is -3.40. The lowest BCUT2D eigenvalue weighted by Crippen LogP contribution is -2.18. The number of fused-ring (bicyclic) bond motifs is 3. The smallest absolute Gasteiger partial charge is 0.211 e. The summed E-state index contributed by atoms with van der Waals surface area (Å²) in [4.78, 5) is 22.4. The number of benzene rings is 3. The van der Waals surface area contributed by atoms with Gasteiger partial charge in [0, 0.05) is 72.7 Å². The Kier molecular flexibility index (Phi) is 20.4. The van der Waals surface area contributed by atoms with Crippen LogP contribution >= 0.6 is 12.4 Å². The number of nitrogens with zero attached hydrogens (tertiary/aromatic N) is 1. The maximum atomic E-state index is 11.3. The number of methoxy groups -OCH3 is 3. The lowest BCUT2D eigenvalue weighted by Gasteiger charge is -1.94. The molecule has 0 spiro atoms. The number of aryl methyl sites for hydroxylation is 1. The third-order valence-corrected chi connectivity index (χ3v) is 6.02. The van der Waals surface area contributed by atoms with Crippen molar-refractivity contribution in [2.24, 2.45) is 10.9 Å². The Morgan fingerprint density at radius 3 is 1.50 bits per heavy atom. The van der Waals surface area contributed by atoms with Gasteiger partial charge in [0.2, 0.25) is 5.78 Å². The van der Waals surface area contributed by atoms with Gasteiger partial charge >= 0.3 is 0 Å². The standard InChI is InChI=1S/C9H7NO2.C9H11N.C9H8O.3C2H6O.ClH/c11-9-7-4-2-1-3-6(7)5-8(9)10-12;10-9-5-7-3-1-2-4-8(7)6-9;10-9-6-5-7-3-1-2-4-8(7)9;3*1-3-2;/h1-4,12H,5H2;1-4,9H,5-6,10H2;1-4H,5-6H2;3*1-2H3;1H/b10-8+;;;;;;. The predicted molar refractivity (Wildman–Crippen MR) is 171 cm³/mol. The van der Waals surface area contributed by atoms with Crippen molar-refractivity contribution in [1.29, 1.82) is 0 Å². The van der Waals surface area contributed by atoms with Crippen molar-refractivity contribution in [3.63, 3.8) is 0 Å². The van der Waals surface area contributed by atoms with Gasteiger partial charge in [-0.2, -0.15) is 0 Å². The normalized spacial score (nSPS) is 14.3. The lowest BCUT2D eigenvalue weighted by atomic mass is 10.1. The minimum Gasteiger partial charge on any atom is -0.411 e. The van der Waals surface area contributed by atoms with E-state index in [-0.39, 0.29) is 23.9 Å². The second-order valence-electron chi connectivity index (χ2n) is 9.45. The zero-order chi connectivity index (χ0) is 30.6. The lowest BCUT2D eigenvalue weighted by molar-refractivity contribution is 0.0993. The van der Waals surface area contributed by atoms with Crippen LogP contribution in [0, 0.1) is 0 Å². The molecule has 9 heteroatoms. The zero-order valence-corrected chi connectivity index (χ0v) is 26.3. The molecule has 230 valence electrons. The van der Waals surface area contributed by atoms with Crippen molar-refractivity contribution in [2.75, 3.05) is 42.7 Å². The maximum Gasteiger partial charge on any atom is 0.211 e. The molecule has 0 amide bonds. The van der Waals surface area contributed by atoms with E-state index in [1.54, 1.807) is 54.8 Å². The molecule has 0 saturated heterocycles. The number of rotatable bonds is 0. The molecule has 0 saturated carbocycles. The molecule has 0 aromatic heterocycles. The van der Waals surface area contributed by atoms with Gasteiger partial charge in [-0.1, -0.05) is 78.0 Å². The molecule has 42 heavy (non-hydrogen) atoms. The number of hydrogen-bond donors (Lipinski definition) is 2. The number of carbonyl (C=O) groups excluding carboxylic acids is 2. The molecule has 0 fully saturated rings. The first kappa shape index (κ1) is 38.6. The average molecular weight is 601 g/mol. The van der Waals surface area contributed by atoms with Crippen LogP contribution < -0.4 is 5.73 Å². The van der Waals surface area contributed by atoms with Gasteiger partial charge in [-0.05, 0) is 41.5 Å². The van der Waals surface area contributed by atoms with E-state index in [2.05, 4.69) is 43.6 Å². The van der Waals surface area contributed by atoms with Crippen molar-refractivity contribution in [3.8, 4) is 0 Å². The fourth-order valence-electron chi connectivity index (χ4n) is 4.38. The second-order valence-corrected chi connectivity index (χ2v) is 9.45. The fraction of sp³-hybridized carbons (Fsp3) is 0.364. The summed E-state index contributed by atoms with van der Waals surface area (Å²) >= 11 is 0. The molecule has 0 unspecified atom stereocenters. The van der Waals surface area contributed by atoms with Crippen LogP contribution in [0.3, 0.4) is 0 Å². The van der Waals surface area contributed by atoms with E-state index in [0.29, 0.717) is 30.2 Å². The Morgan fingerprint density at radius 1 is 0.667 bits per heavy atom. The third-order valence-electron chi connectivity index (χ3n) is 6.02. The number of carbonyl (C=O) groups is 2. The van der Waals surface area contributed by atoms with Gasteiger partial charge in [-0.15, -0.1) is 12.4 Å². The Balaban J connectivity index is 0.000000523. The number of ketones is 2. The molecule has 3 aromatic rings. The summed E-state index contributed by atoms with van der Waals surface area (Å²) in [7, 11) is 9.75. The van der Waals surface area contributed by atoms with E-state index in [1.807, 2.05) is 36.4 Å². The molecule has 0 atom stereocenters.